The van der Waals surface area contributed by atoms with E-state index < -0.39 is 6.09 Å². The average Bonchev–Trinajstić information content (AvgIpc) is 2.69. The molecule has 1 aromatic heterocycles. The highest BCUT2D eigenvalue weighted by Crippen LogP contribution is 2.26. The number of rotatable bonds is 3. The minimum atomic E-state index is -0.963. The Bertz CT molecular complexity index is 519. The first-order valence-electron chi connectivity index (χ1n) is 5.11. The number of benzene rings is 1. The van der Waals surface area contributed by atoms with Gasteiger partial charge < -0.3 is 10.4 Å². The van der Waals surface area contributed by atoms with E-state index >= 15 is 0 Å². The van der Waals surface area contributed by atoms with Crippen LogP contribution in [0.4, 0.5) is 4.79 Å². The normalized spacial score (nSPS) is 10.6. The molecule has 2 N–H and O–H groups in total. The molecule has 1 heterocycles. The lowest BCUT2D eigenvalue weighted by Crippen LogP contribution is -2.23. The van der Waals surface area contributed by atoms with Gasteiger partial charge in [-0.1, -0.05) is 12.1 Å². The van der Waals surface area contributed by atoms with Gasteiger partial charge in [0.1, 0.15) is 0 Å². The van der Waals surface area contributed by atoms with E-state index in [4.69, 9.17) is 5.11 Å². The maximum absolute atomic E-state index is 10.3. The number of fused-ring (bicyclic) bond motifs is 1. The molecule has 0 saturated carbocycles. The summed E-state index contributed by atoms with van der Waals surface area (Å²) >= 11 is 1.73. The summed E-state index contributed by atoms with van der Waals surface area (Å²) in [6.45, 7) is 2.56. The lowest BCUT2D eigenvalue weighted by atomic mass is 10.0. The van der Waals surface area contributed by atoms with Gasteiger partial charge in [-0.3, -0.25) is 0 Å². The van der Waals surface area contributed by atoms with Crippen LogP contribution in [0.15, 0.2) is 23.6 Å². The lowest BCUT2D eigenvalue weighted by molar-refractivity contribution is 0.194. The third-order valence-corrected chi connectivity index (χ3v) is 3.70. The Morgan fingerprint density at radius 2 is 2.25 bits per heavy atom. The van der Waals surface area contributed by atoms with Crippen LogP contribution < -0.4 is 5.32 Å². The molecular formula is C12H13NO2S. The van der Waals surface area contributed by atoms with Gasteiger partial charge in [0.15, 0.2) is 0 Å². The summed E-state index contributed by atoms with van der Waals surface area (Å²) < 4.78 is 1.30. The summed E-state index contributed by atoms with van der Waals surface area (Å²) in [6.07, 6.45) is -0.221. The number of aryl methyl sites for hydroxylation is 1. The van der Waals surface area contributed by atoms with Crippen molar-refractivity contribution in [3.05, 3.63) is 34.7 Å². The highest BCUT2D eigenvalue weighted by molar-refractivity contribution is 7.17. The fraction of sp³-hybridized carbons (Fsp3) is 0.250. The third kappa shape index (κ3) is 2.17. The molecule has 3 nitrogen and oxygen atoms in total. The number of carbonyl (C=O) groups is 1. The van der Waals surface area contributed by atoms with Gasteiger partial charge in [-0.15, -0.1) is 11.3 Å². The first-order chi connectivity index (χ1) is 7.68. The quantitative estimate of drug-likeness (QED) is 0.859. The van der Waals surface area contributed by atoms with Gasteiger partial charge in [0, 0.05) is 11.2 Å². The van der Waals surface area contributed by atoms with Crippen LogP contribution >= 0.6 is 11.3 Å². The molecule has 0 aliphatic heterocycles. The molecule has 1 aromatic carbocycles. The number of hydrogen-bond donors (Lipinski definition) is 2. The van der Waals surface area contributed by atoms with Crippen molar-refractivity contribution in [1.82, 2.24) is 5.32 Å². The van der Waals surface area contributed by atoms with E-state index in [1.165, 1.54) is 21.2 Å². The second-order valence-electron chi connectivity index (χ2n) is 3.67. The smallest absolute Gasteiger partial charge is 0.404 e. The maximum Gasteiger partial charge on any atom is 0.404 e. The van der Waals surface area contributed by atoms with Crippen molar-refractivity contribution in [3.63, 3.8) is 0 Å². The van der Waals surface area contributed by atoms with Gasteiger partial charge in [-0.25, -0.2) is 4.79 Å². The van der Waals surface area contributed by atoms with Crippen LogP contribution in [0, 0.1) is 6.92 Å². The standard InChI is InChI=1S/C12H13NO2S/c1-8-9(4-6-13-12(14)15)2-3-10-5-7-16-11(8)10/h2-3,5,7,13H,4,6H2,1H3,(H,14,15). The van der Waals surface area contributed by atoms with Gasteiger partial charge >= 0.3 is 6.09 Å². The fourth-order valence-electron chi connectivity index (χ4n) is 1.79. The molecule has 0 aliphatic carbocycles. The topological polar surface area (TPSA) is 49.3 Å². The molecule has 0 bridgehead atoms. The number of amides is 1. The van der Waals surface area contributed by atoms with Crippen molar-refractivity contribution in [3.8, 4) is 0 Å². The van der Waals surface area contributed by atoms with Crippen LogP contribution in [-0.4, -0.2) is 17.7 Å². The molecule has 0 radical (unpaired) electrons. The molecule has 0 saturated heterocycles. The molecule has 0 spiro atoms. The Balaban J connectivity index is 2.17. The Labute approximate surface area is 97.7 Å². The zero-order valence-corrected chi connectivity index (χ0v) is 9.80. The first kappa shape index (κ1) is 11.0. The van der Waals surface area contributed by atoms with Crippen molar-refractivity contribution in [1.29, 1.82) is 0 Å². The van der Waals surface area contributed by atoms with E-state index in [1.807, 2.05) is 0 Å². The van der Waals surface area contributed by atoms with Crippen molar-refractivity contribution in [2.45, 2.75) is 13.3 Å². The molecule has 0 atom stereocenters. The van der Waals surface area contributed by atoms with Gasteiger partial charge in [0.2, 0.25) is 0 Å². The molecular weight excluding hydrogens is 222 g/mol. The monoisotopic (exact) mass is 235 g/mol. The number of carboxylic acid groups (broad SMARTS) is 1. The summed E-state index contributed by atoms with van der Waals surface area (Å²) in [7, 11) is 0. The number of thiophene rings is 1. The summed E-state index contributed by atoms with van der Waals surface area (Å²) in [5, 5.41) is 14.2. The predicted octanol–water partition coefficient (Wildman–Crippen LogP) is 3.02. The predicted molar refractivity (Wildman–Crippen MR) is 66.3 cm³/mol. The summed E-state index contributed by atoms with van der Waals surface area (Å²) in [5.41, 5.74) is 2.48. The van der Waals surface area contributed by atoms with Gasteiger partial charge in [-0.2, -0.15) is 0 Å². The Morgan fingerprint density at radius 3 is 3.00 bits per heavy atom. The second kappa shape index (κ2) is 4.53. The highest BCUT2D eigenvalue weighted by Gasteiger charge is 2.04. The van der Waals surface area contributed by atoms with Crippen LogP contribution in [0.25, 0.3) is 10.1 Å². The van der Waals surface area contributed by atoms with Crippen molar-refractivity contribution >= 4 is 27.5 Å². The van der Waals surface area contributed by atoms with E-state index in [1.54, 1.807) is 11.3 Å². The summed E-state index contributed by atoms with van der Waals surface area (Å²) in [5.74, 6) is 0. The van der Waals surface area contributed by atoms with Crippen LogP contribution in [0.5, 0.6) is 0 Å². The Morgan fingerprint density at radius 1 is 1.44 bits per heavy atom. The molecule has 0 unspecified atom stereocenters. The molecule has 0 fully saturated rings. The fourth-order valence-corrected chi connectivity index (χ4v) is 2.72. The third-order valence-electron chi connectivity index (χ3n) is 2.65. The van der Waals surface area contributed by atoms with Crippen molar-refractivity contribution in [2.75, 3.05) is 6.54 Å². The van der Waals surface area contributed by atoms with Gasteiger partial charge in [0.25, 0.3) is 0 Å². The zero-order chi connectivity index (χ0) is 11.5. The van der Waals surface area contributed by atoms with Crippen LogP contribution in [0.2, 0.25) is 0 Å². The van der Waals surface area contributed by atoms with Crippen molar-refractivity contribution in [2.24, 2.45) is 0 Å². The maximum atomic E-state index is 10.3. The Hall–Kier alpha value is -1.55. The van der Waals surface area contributed by atoms with Gasteiger partial charge in [-0.05, 0) is 41.3 Å². The van der Waals surface area contributed by atoms with Crippen LogP contribution in [0.3, 0.4) is 0 Å². The minimum absolute atomic E-state index is 0.465. The lowest BCUT2D eigenvalue weighted by Gasteiger charge is -2.06. The molecule has 0 aliphatic rings. The highest BCUT2D eigenvalue weighted by atomic mass is 32.1. The Kier molecular flexibility index (Phi) is 3.10. The van der Waals surface area contributed by atoms with Crippen molar-refractivity contribution < 1.29 is 9.90 Å². The number of hydrogen-bond acceptors (Lipinski definition) is 2. The molecule has 2 aromatic rings. The van der Waals surface area contributed by atoms with Crippen LogP contribution in [-0.2, 0) is 6.42 Å². The molecule has 16 heavy (non-hydrogen) atoms. The van der Waals surface area contributed by atoms with E-state index in [0.29, 0.717) is 6.54 Å². The second-order valence-corrected chi connectivity index (χ2v) is 4.59. The molecule has 1 amide bonds. The van der Waals surface area contributed by atoms with E-state index in [0.717, 1.165) is 6.42 Å². The first-order valence-corrected chi connectivity index (χ1v) is 5.99. The minimum Gasteiger partial charge on any atom is -0.465 e. The largest absolute Gasteiger partial charge is 0.465 e. The molecule has 4 heteroatoms. The molecule has 2 rings (SSSR count). The number of nitrogens with one attached hydrogen (secondary N) is 1. The SMILES string of the molecule is Cc1c(CCNC(=O)O)ccc2ccsc12. The average molecular weight is 235 g/mol. The van der Waals surface area contributed by atoms with Gasteiger partial charge in [0.05, 0.1) is 0 Å². The van der Waals surface area contributed by atoms with E-state index in [9.17, 15) is 4.79 Å². The molecule has 84 valence electrons. The summed E-state index contributed by atoms with van der Waals surface area (Å²) in [4.78, 5) is 10.3. The van der Waals surface area contributed by atoms with E-state index in [2.05, 4.69) is 35.8 Å². The van der Waals surface area contributed by atoms with Crippen LogP contribution in [0.1, 0.15) is 11.1 Å². The zero-order valence-electron chi connectivity index (χ0n) is 8.99. The van der Waals surface area contributed by atoms with E-state index in [-0.39, 0.29) is 0 Å². The summed E-state index contributed by atoms with van der Waals surface area (Å²) in [6, 6.07) is 6.27.